The zero-order chi connectivity index (χ0) is 22.0. The summed E-state index contributed by atoms with van der Waals surface area (Å²) in [5.41, 5.74) is 2.09. The molecular weight excluding hydrogens is 400 g/mol. The van der Waals surface area contributed by atoms with Crippen molar-refractivity contribution in [3.8, 4) is 5.88 Å². The Balaban J connectivity index is 1.40. The van der Waals surface area contributed by atoms with Crippen LogP contribution in [0.1, 0.15) is 22.1 Å². The molecule has 31 heavy (non-hydrogen) atoms. The molecule has 2 amide bonds. The van der Waals surface area contributed by atoms with Gasteiger partial charge in [-0.3, -0.25) is 4.79 Å². The van der Waals surface area contributed by atoms with Crippen molar-refractivity contribution in [1.82, 2.24) is 29.3 Å². The van der Waals surface area contributed by atoms with Crippen LogP contribution in [0, 0.1) is 6.92 Å². The molecule has 0 saturated carbocycles. The van der Waals surface area contributed by atoms with Crippen LogP contribution in [0.5, 0.6) is 5.88 Å². The fourth-order valence-corrected chi connectivity index (χ4v) is 3.58. The largest absolute Gasteiger partial charge is 0.413 e. The van der Waals surface area contributed by atoms with Crippen LogP contribution in [0.4, 0.5) is 4.79 Å². The molecule has 10 nitrogen and oxygen atoms in total. The number of ether oxygens (including phenoxy) is 2. The smallest absolute Gasteiger partial charge is 0.390 e. The number of amides is 2. The number of para-hydroxylation sites is 2. The highest BCUT2D eigenvalue weighted by Gasteiger charge is 2.28. The van der Waals surface area contributed by atoms with Crippen molar-refractivity contribution in [2.24, 2.45) is 14.1 Å². The van der Waals surface area contributed by atoms with Gasteiger partial charge in [-0.2, -0.15) is 0 Å². The summed E-state index contributed by atoms with van der Waals surface area (Å²) in [6.45, 7) is 4.04. The highest BCUT2D eigenvalue weighted by Crippen LogP contribution is 2.22. The molecular formula is C21H26N6O4. The Labute approximate surface area is 179 Å². The van der Waals surface area contributed by atoms with E-state index >= 15 is 0 Å². The Morgan fingerprint density at radius 1 is 1.13 bits per heavy atom. The number of aryl methyl sites for hydroxylation is 2. The first kappa shape index (κ1) is 20.9. The second-order valence-corrected chi connectivity index (χ2v) is 7.42. The molecule has 1 N–H and O–H groups in total. The van der Waals surface area contributed by atoms with Gasteiger partial charge < -0.3 is 28.8 Å². The van der Waals surface area contributed by atoms with E-state index in [9.17, 15) is 9.59 Å². The van der Waals surface area contributed by atoms with Gasteiger partial charge in [0.15, 0.2) is 5.69 Å². The van der Waals surface area contributed by atoms with Crippen molar-refractivity contribution < 1.29 is 19.1 Å². The number of rotatable bonds is 5. The number of aromatic nitrogens is 4. The van der Waals surface area contributed by atoms with E-state index in [0.29, 0.717) is 45.1 Å². The van der Waals surface area contributed by atoms with Gasteiger partial charge >= 0.3 is 6.09 Å². The summed E-state index contributed by atoms with van der Waals surface area (Å²) in [6, 6.07) is 7.87. The predicted molar refractivity (Wildman–Crippen MR) is 113 cm³/mol. The third kappa shape index (κ3) is 4.24. The van der Waals surface area contributed by atoms with Crippen molar-refractivity contribution in [3.63, 3.8) is 0 Å². The molecule has 2 aromatic heterocycles. The van der Waals surface area contributed by atoms with E-state index in [1.54, 1.807) is 23.4 Å². The van der Waals surface area contributed by atoms with E-state index in [1.165, 1.54) is 0 Å². The average Bonchev–Trinajstić information content (AvgIpc) is 3.25. The standard InChI is InChI=1S/C21H26N6O4/c1-14-23-18(19(28)27-10-12-30-13-11-27)20(25(14)2)31-21(29)22-9-8-17-24-15-6-4-5-7-16(15)26(17)3/h4-7H,8-13H2,1-3H3,(H,22,29). The number of hydrogen-bond acceptors (Lipinski definition) is 6. The minimum atomic E-state index is -0.641. The molecule has 1 aliphatic heterocycles. The van der Waals surface area contributed by atoms with Crippen LogP contribution in [-0.2, 0) is 25.3 Å². The number of nitrogens with zero attached hydrogens (tertiary/aromatic N) is 5. The molecule has 1 aliphatic rings. The van der Waals surface area contributed by atoms with Gasteiger partial charge in [0, 0.05) is 40.2 Å². The fourth-order valence-electron chi connectivity index (χ4n) is 3.58. The van der Waals surface area contributed by atoms with Crippen molar-refractivity contribution in [2.75, 3.05) is 32.8 Å². The molecule has 3 heterocycles. The molecule has 0 aliphatic carbocycles. The zero-order valence-electron chi connectivity index (χ0n) is 17.9. The Morgan fingerprint density at radius 2 is 1.87 bits per heavy atom. The molecule has 0 bridgehead atoms. The van der Waals surface area contributed by atoms with Crippen LogP contribution in [0.25, 0.3) is 11.0 Å². The Bertz CT molecular complexity index is 1110. The lowest BCUT2D eigenvalue weighted by Crippen LogP contribution is -2.41. The lowest BCUT2D eigenvalue weighted by molar-refractivity contribution is 0.0297. The third-order valence-corrected chi connectivity index (χ3v) is 5.45. The van der Waals surface area contributed by atoms with Gasteiger partial charge in [0.05, 0.1) is 24.2 Å². The monoisotopic (exact) mass is 426 g/mol. The second-order valence-electron chi connectivity index (χ2n) is 7.42. The number of benzene rings is 1. The number of hydrogen-bond donors (Lipinski definition) is 1. The van der Waals surface area contributed by atoms with Crippen LogP contribution in [-0.4, -0.2) is 68.9 Å². The second kappa shape index (κ2) is 8.76. The Kier molecular flexibility index (Phi) is 5.90. The van der Waals surface area contributed by atoms with Gasteiger partial charge in [0.2, 0.25) is 5.88 Å². The normalized spacial score (nSPS) is 14.1. The van der Waals surface area contributed by atoms with Gasteiger partial charge in [-0.1, -0.05) is 12.1 Å². The highest BCUT2D eigenvalue weighted by molar-refractivity contribution is 5.95. The quantitative estimate of drug-likeness (QED) is 0.662. The minimum Gasteiger partial charge on any atom is -0.390 e. The first-order valence-corrected chi connectivity index (χ1v) is 10.2. The van der Waals surface area contributed by atoms with Crippen molar-refractivity contribution in [1.29, 1.82) is 0 Å². The third-order valence-electron chi connectivity index (χ3n) is 5.45. The van der Waals surface area contributed by atoms with Crippen LogP contribution >= 0.6 is 0 Å². The summed E-state index contributed by atoms with van der Waals surface area (Å²) >= 11 is 0. The van der Waals surface area contributed by atoms with Crippen LogP contribution < -0.4 is 10.1 Å². The SMILES string of the molecule is Cc1nc(C(=O)N2CCOCC2)c(OC(=O)NCCc2nc3ccccc3n2C)n1C. The molecule has 1 aromatic carbocycles. The molecule has 0 spiro atoms. The molecule has 3 aromatic rings. The molecule has 1 saturated heterocycles. The van der Waals surface area contributed by atoms with E-state index in [1.807, 2.05) is 35.9 Å². The molecule has 0 unspecified atom stereocenters. The fraction of sp³-hybridized carbons (Fsp3) is 0.429. The van der Waals surface area contributed by atoms with Crippen LogP contribution in [0.2, 0.25) is 0 Å². The summed E-state index contributed by atoms with van der Waals surface area (Å²) in [5.74, 6) is 1.31. The van der Waals surface area contributed by atoms with E-state index < -0.39 is 6.09 Å². The molecule has 1 fully saturated rings. The average molecular weight is 426 g/mol. The maximum atomic E-state index is 12.9. The first-order valence-electron chi connectivity index (χ1n) is 10.2. The first-order chi connectivity index (χ1) is 15.0. The predicted octanol–water partition coefficient (Wildman–Crippen LogP) is 1.42. The lowest BCUT2D eigenvalue weighted by Gasteiger charge is -2.26. The van der Waals surface area contributed by atoms with Gasteiger partial charge in [0.25, 0.3) is 5.91 Å². The topological polar surface area (TPSA) is 104 Å². The summed E-state index contributed by atoms with van der Waals surface area (Å²) < 4.78 is 14.4. The van der Waals surface area contributed by atoms with Gasteiger partial charge in [-0.25, -0.2) is 14.8 Å². The summed E-state index contributed by atoms with van der Waals surface area (Å²) in [5, 5.41) is 2.73. The van der Waals surface area contributed by atoms with E-state index in [-0.39, 0.29) is 17.5 Å². The molecule has 4 rings (SSSR count). The van der Waals surface area contributed by atoms with Crippen LogP contribution in [0.15, 0.2) is 24.3 Å². The van der Waals surface area contributed by atoms with Crippen molar-refractivity contribution >= 4 is 23.0 Å². The molecule has 164 valence electrons. The van der Waals surface area contributed by atoms with Gasteiger partial charge in [-0.05, 0) is 19.1 Å². The summed E-state index contributed by atoms with van der Waals surface area (Å²) in [6.07, 6.45) is -0.0950. The number of carbonyl (C=O) groups is 2. The Morgan fingerprint density at radius 3 is 2.61 bits per heavy atom. The van der Waals surface area contributed by atoms with E-state index in [2.05, 4.69) is 15.3 Å². The molecule has 10 heteroatoms. The van der Waals surface area contributed by atoms with Crippen molar-refractivity contribution in [3.05, 3.63) is 41.6 Å². The summed E-state index contributed by atoms with van der Waals surface area (Å²) in [4.78, 5) is 35.9. The van der Waals surface area contributed by atoms with Crippen molar-refractivity contribution in [2.45, 2.75) is 13.3 Å². The Hall–Kier alpha value is -3.40. The number of nitrogens with one attached hydrogen (secondary N) is 1. The minimum absolute atomic E-state index is 0.132. The highest BCUT2D eigenvalue weighted by atomic mass is 16.6. The maximum absolute atomic E-state index is 12.9. The summed E-state index contributed by atoms with van der Waals surface area (Å²) in [7, 11) is 3.66. The van der Waals surface area contributed by atoms with E-state index in [0.717, 1.165) is 16.9 Å². The van der Waals surface area contributed by atoms with E-state index in [4.69, 9.17) is 9.47 Å². The number of morpholine rings is 1. The van der Waals surface area contributed by atoms with Crippen LogP contribution in [0.3, 0.4) is 0 Å². The zero-order valence-corrected chi connectivity index (χ0v) is 17.9. The number of fused-ring (bicyclic) bond motifs is 1. The maximum Gasteiger partial charge on any atom is 0.413 e. The van der Waals surface area contributed by atoms with Gasteiger partial charge in [-0.15, -0.1) is 0 Å². The lowest BCUT2D eigenvalue weighted by atomic mass is 10.3. The van der Waals surface area contributed by atoms with Gasteiger partial charge in [0.1, 0.15) is 11.6 Å². The molecule has 0 atom stereocenters. The number of carbonyl (C=O) groups excluding carboxylic acids is 2. The molecule has 0 radical (unpaired) electrons. The number of imidazole rings is 2.